The highest BCUT2D eigenvalue weighted by Crippen LogP contribution is 2.16. The minimum atomic E-state index is -0.235. The Morgan fingerprint density at radius 1 is 0.852 bits per heavy atom. The standard InChI is InChI=1S/C22H29N3O2/c1-16(2)25(17(3)4)15-14-23-22(27)19-12-8-9-13-20(19)24-21(26)18-10-6-5-7-11-18/h5-13,16-17H,14-15H2,1-4H3,(H,23,27)(H,24,26). The average molecular weight is 367 g/mol. The fourth-order valence-electron chi connectivity index (χ4n) is 3.08. The molecule has 27 heavy (non-hydrogen) atoms. The summed E-state index contributed by atoms with van der Waals surface area (Å²) < 4.78 is 0. The van der Waals surface area contributed by atoms with Crippen LogP contribution in [0.1, 0.15) is 48.4 Å². The number of nitrogens with zero attached hydrogens (tertiary/aromatic N) is 1. The lowest BCUT2D eigenvalue weighted by Crippen LogP contribution is -2.42. The molecular weight excluding hydrogens is 338 g/mol. The molecule has 2 N–H and O–H groups in total. The maximum atomic E-state index is 12.6. The molecule has 0 atom stereocenters. The molecule has 0 spiro atoms. The summed E-state index contributed by atoms with van der Waals surface area (Å²) >= 11 is 0. The molecule has 5 nitrogen and oxygen atoms in total. The van der Waals surface area contributed by atoms with E-state index in [-0.39, 0.29) is 11.8 Å². The zero-order valence-corrected chi connectivity index (χ0v) is 16.5. The minimum Gasteiger partial charge on any atom is -0.351 e. The monoisotopic (exact) mass is 367 g/mol. The van der Waals surface area contributed by atoms with E-state index in [1.807, 2.05) is 18.2 Å². The summed E-state index contributed by atoms with van der Waals surface area (Å²) in [5, 5.41) is 5.79. The molecule has 0 aliphatic rings. The molecule has 0 fully saturated rings. The first-order valence-electron chi connectivity index (χ1n) is 9.39. The Morgan fingerprint density at radius 3 is 2.07 bits per heavy atom. The number of para-hydroxylation sites is 1. The fraction of sp³-hybridized carbons (Fsp3) is 0.364. The van der Waals surface area contributed by atoms with Gasteiger partial charge in [0.25, 0.3) is 11.8 Å². The normalized spacial score (nSPS) is 11.1. The summed E-state index contributed by atoms with van der Waals surface area (Å²) in [4.78, 5) is 27.3. The Kier molecular flexibility index (Phi) is 7.55. The highest BCUT2D eigenvalue weighted by molar-refractivity contribution is 6.08. The van der Waals surface area contributed by atoms with Crippen molar-refractivity contribution in [3.8, 4) is 0 Å². The van der Waals surface area contributed by atoms with Crippen molar-refractivity contribution in [3.05, 3.63) is 65.7 Å². The third kappa shape index (κ3) is 5.93. The van der Waals surface area contributed by atoms with Crippen LogP contribution in [0.4, 0.5) is 5.69 Å². The quantitative estimate of drug-likeness (QED) is 0.746. The predicted octanol–water partition coefficient (Wildman–Crippen LogP) is 3.79. The summed E-state index contributed by atoms with van der Waals surface area (Å²) in [5.74, 6) is -0.423. The van der Waals surface area contributed by atoms with Crippen molar-refractivity contribution in [1.82, 2.24) is 10.2 Å². The van der Waals surface area contributed by atoms with Crippen molar-refractivity contribution in [2.45, 2.75) is 39.8 Å². The van der Waals surface area contributed by atoms with Gasteiger partial charge in [0.05, 0.1) is 11.3 Å². The van der Waals surface area contributed by atoms with E-state index in [2.05, 4.69) is 43.2 Å². The maximum Gasteiger partial charge on any atom is 0.255 e. The van der Waals surface area contributed by atoms with Crippen molar-refractivity contribution >= 4 is 17.5 Å². The van der Waals surface area contributed by atoms with Crippen molar-refractivity contribution < 1.29 is 9.59 Å². The molecule has 2 aromatic rings. The molecule has 0 unspecified atom stereocenters. The van der Waals surface area contributed by atoms with Crippen LogP contribution in [0.5, 0.6) is 0 Å². The Hall–Kier alpha value is -2.66. The Labute approximate surface area is 161 Å². The Bertz CT molecular complexity index is 749. The van der Waals surface area contributed by atoms with Crippen LogP contribution in [-0.4, -0.2) is 41.9 Å². The maximum absolute atomic E-state index is 12.6. The molecule has 0 aliphatic heterocycles. The van der Waals surface area contributed by atoms with Gasteiger partial charge in [0.15, 0.2) is 0 Å². The third-order valence-electron chi connectivity index (χ3n) is 4.44. The van der Waals surface area contributed by atoms with Crippen LogP contribution < -0.4 is 10.6 Å². The van der Waals surface area contributed by atoms with Crippen LogP contribution in [0.3, 0.4) is 0 Å². The molecule has 0 radical (unpaired) electrons. The number of anilines is 1. The first kappa shape index (κ1) is 20.6. The van der Waals surface area contributed by atoms with Gasteiger partial charge in [-0.25, -0.2) is 0 Å². The summed E-state index contributed by atoms with van der Waals surface area (Å²) in [6.45, 7) is 9.93. The van der Waals surface area contributed by atoms with Crippen molar-refractivity contribution in [3.63, 3.8) is 0 Å². The van der Waals surface area contributed by atoms with E-state index in [1.54, 1.807) is 36.4 Å². The van der Waals surface area contributed by atoms with Crippen LogP contribution >= 0.6 is 0 Å². The molecule has 0 saturated carbocycles. The van der Waals surface area contributed by atoms with Crippen molar-refractivity contribution in [2.75, 3.05) is 18.4 Å². The first-order chi connectivity index (χ1) is 12.9. The molecule has 0 bridgehead atoms. The molecule has 0 heterocycles. The Morgan fingerprint density at radius 2 is 1.44 bits per heavy atom. The summed E-state index contributed by atoms with van der Waals surface area (Å²) in [5.41, 5.74) is 1.52. The lowest BCUT2D eigenvalue weighted by molar-refractivity contribution is 0.0940. The second kappa shape index (κ2) is 9.88. The lowest BCUT2D eigenvalue weighted by Gasteiger charge is -2.30. The van der Waals surface area contributed by atoms with E-state index in [9.17, 15) is 9.59 Å². The highest BCUT2D eigenvalue weighted by Gasteiger charge is 2.16. The van der Waals surface area contributed by atoms with Crippen LogP contribution in [-0.2, 0) is 0 Å². The molecule has 5 heteroatoms. The lowest BCUT2D eigenvalue weighted by atomic mass is 10.1. The number of hydrogen-bond acceptors (Lipinski definition) is 3. The van der Waals surface area contributed by atoms with Gasteiger partial charge in [-0.1, -0.05) is 30.3 Å². The Balaban J connectivity index is 2.02. The zero-order valence-electron chi connectivity index (χ0n) is 16.5. The van der Waals surface area contributed by atoms with E-state index in [0.29, 0.717) is 35.4 Å². The number of amides is 2. The average Bonchev–Trinajstić information content (AvgIpc) is 2.65. The smallest absolute Gasteiger partial charge is 0.255 e. The van der Waals surface area contributed by atoms with Gasteiger partial charge in [-0.15, -0.1) is 0 Å². The van der Waals surface area contributed by atoms with Crippen LogP contribution in [0, 0.1) is 0 Å². The molecule has 2 aromatic carbocycles. The first-order valence-corrected chi connectivity index (χ1v) is 9.39. The second-order valence-corrected chi connectivity index (χ2v) is 7.05. The third-order valence-corrected chi connectivity index (χ3v) is 4.44. The van der Waals surface area contributed by atoms with Crippen molar-refractivity contribution in [1.29, 1.82) is 0 Å². The topological polar surface area (TPSA) is 61.4 Å². The number of nitrogens with one attached hydrogen (secondary N) is 2. The molecule has 2 amide bonds. The van der Waals surface area contributed by atoms with Gasteiger partial charge in [-0.05, 0) is 52.0 Å². The molecular formula is C22H29N3O2. The zero-order chi connectivity index (χ0) is 19.8. The van der Waals surface area contributed by atoms with Gasteiger partial charge in [-0.3, -0.25) is 14.5 Å². The van der Waals surface area contributed by atoms with Gasteiger partial charge in [-0.2, -0.15) is 0 Å². The SMILES string of the molecule is CC(C)N(CCNC(=O)c1ccccc1NC(=O)c1ccccc1)C(C)C. The highest BCUT2D eigenvalue weighted by atomic mass is 16.2. The summed E-state index contributed by atoms with van der Waals surface area (Å²) in [6.07, 6.45) is 0. The van der Waals surface area contributed by atoms with E-state index in [1.165, 1.54) is 0 Å². The molecule has 0 saturated heterocycles. The van der Waals surface area contributed by atoms with E-state index in [4.69, 9.17) is 0 Å². The van der Waals surface area contributed by atoms with Crippen LogP contribution in [0.25, 0.3) is 0 Å². The summed E-state index contributed by atoms with van der Waals surface area (Å²) in [6, 6.07) is 16.8. The fourth-order valence-corrected chi connectivity index (χ4v) is 3.08. The van der Waals surface area contributed by atoms with Gasteiger partial charge < -0.3 is 10.6 Å². The van der Waals surface area contributed by atoms with Gasteiger partial charge >= 0.3 is 0 Å². The number of carbonyl (C=O) groups is 2. The van der Waals surface area contributed by atoms with E-state index in [0.717, 1.165) is 6.54 Å². The number of benzene rings is 2. The van der Waals surface area contributed by atoms with Gasteiger partial charge in [0.2, 0.25) is 0 Å². The van der Waals surface area contributed by atoms with Gasteiger partial charge in [0, 0.05) is 30.7 Å². The molecule has 144 valence electrons. The van der Waals surface area contributed by atoms with Gasteiger partial charge in [0.1, 0.15) is 0 Å². The van der Waals surface area contributed by atoms with E-state index < -0.39 is 0 Å². The predicted molar refractivity (Wildman–Crippen MR) is 110 cm³/mol. The largest absolute Gasteiger partial charge is 0.351 e. The molecule has 2 rings (SSSR count). The second-order valence-electron chi connectivity index (χ2n) is 7.05. The number of rotatable bonds is 8. The molecule has 0 aliphatic carbocycles. The number of hydrogen-bond donors (Lipinski definition) is 2. The molecule has 0 aromatic heterocycles. The van der Waals surface area contributed by atoms with Crippen LogP contribution in [0.15, 0.2) is 54.6 Å². The summed E-state index contributed by atoms with van der Waals surface area (Å²) in [7, 11) is 0. The van der Waals surface area contributed by atoms with Crippen molar-refractivity contribution in [2.24, 2.45) is 0 Å². The minimum absolute atomic E-state index is 0.188. The van der Waals surface area contributed by atoms with E-state index >= 15 is 0 Å². The number of carbonyl (C=O) groups excluding carboxylic acids is 2. The van der Waals surface area contributed by atoms with Crippen LogP contribution in [0.2, 0.25) is 0 Å².